The van der Waals surface area contributed by atoms with E-state index in [9.17, 15) is 0 Å². The largest absolute Gasteiger partial charge is 0.457 e. The Balaban J connectivity index is 0. The van der Waals surface area contributed by atoms with E-state index >= 15 is 0 Å². The molecule has 0 bridgehead atoms. The fourth-order valence-electron chi connectivity index (χ4n) is 0. The van der Waals surface area contributed by atoms with Gasteiger partial charge in [0.25, 0.3) is 0 Å². The van der Waals surface area contributed by atoms with Crippen LogP contribution in [0.25, 0.3) is 0 Å². The molecular formula is H3ORu3+. The standard InChI is InChI=1S/H2O.3Ru/h1H2;;;/p+1. The van der Waals surface area contributed by atoms with Gasteiger partial charge in [-0.3, -0.25) is 0 Å². The first kappa shape index (κ1) is 40.6. The van der Waals surface area contributed by atoms with Crippen molar-refractivity contribution in [3.05, 3.63) is 0 Å². The molecule has 0 radical (unpaired) electrons. The van der Waals surface area contributed by atoms with Gasteiger partial charge in [0, 0.05) is 58.4 Å². The van der Waals surface area contributed by atoms with Gasteiger partial charge in [-0.2, -0.15) is 0 Å². The SMILES string of the molecule is [OH3+].[Ru].[Ru].[Ru]. The van der Waals surface area contributed by atoms with Crippen LogP contribution in [0.4, 0.5) is 0 Å². The van der Waals surface area contributed by atoms with Crippen LogP contribution in [-0.4, -0.2) is 0 Å². The molecule has 0 aromatic rings. The normalized spacial score (nSPS) is 0. The van der Waals surface area contributed by atoms with E-state index in [4.69, 9.17) is 0 Å². The van der Waals surface area contributed by atoms with Gasteiger partial charge in [-0.15, -0.1) is 0 Å². The maximum absolute atomic E-state index is 0. The van der Waals surface area contributed by atoms with Gasteiger partial charge in [0.1, 0.15) is 0 Å². The molecule has 0 atom stereocenters. The summed E-state index contributed by atoms with van der Waals surface area (Å²) in [6.45, 7) is 0. The predicted octanol–water partition coefficient (Wildman–Crippen LogP) is -0.929. The molecule has 0 aromatic heterocycles. The van der Waals surface area contributed by atoms with Gasteiger partial charge < -0.3 is 5.48 Å². The predicted molar refractivity (Wildman–Crippen MR) is 4.87 cm³/mol. The van der Waals surface area contributed by atoms with Gasteiger partial charge in [-0.25, -0.2) is 0 Å². The topological polar surface area (TPSA) is 33.0 Å². The monoisotopic (exact) mass is 325 g/mol. The van der Waals surface area contributed by atoms with Crippen LogP contribution in [0.2, 0.25) is 0 Å². The summed E-state index contributed by atoms with van der Waals surface area (Å²) in [5.41, 5.74) is 0. The first-order valence-corrected chi connectivity index (χ1v) is 0. The summed E-state index contributed by atoms with van der Waals surface area (Å²) in [7, 11) is 0. The third-order valence-electron chi connectivity index (χ3n) is 0. The molecular weight excluding hydrogens is 319 g/mol. The first-order chi connectivity index (χ1) is 0. The molecule has 0 aliphatic heterocycles. The molecule has 0 fully saturated rings. The molecule has 0 amide bonds. The van der Waals surface area contributed by atoms with Crippen molar-refractivity contribution in [1.29, 1.82) is 0 Å². The van der Waals surface area contributed by atoms with Crippen LogP contribution >= 0.6 is 0 Å². The third kappa shape index (κ3) is 9.16. The van der Waals surface area contributed by atoms with Gasteiger partial charge in [-0.05, 0) is 0 Å². The van der Waals surface area contributed by atoms with Crippen molar-refractivity contribution < 1.29 is 63.9 Å². The molecule has 4 heteroatoms. The Morgan fingerprint density at radius 1 is 0.500 bits per heavy atom. The van der Waals surface area contributed by atoms with Crippen molar-refractivity contribution in [3.63, 3.8) is 0 Å². The molecule has 4 heavy (non-hydrogen) atoms. The third-order valence-corrected chi connectivity index (χ3v) is 0. The zero-order chi connectivity index (χ0) is 0. The maximum Gasteiger partial charge on any atom is 0 e. The quantitative estimate of drug-likeness (QED) is 0.408. The Bertz CT molecular complexity index is 3.25. The molecule has 0 aromatic carbocycles. The molecule has 0 unspecified atom stereocenters. The fraction of sp³-hybridized carbons (Fsp3) is 0. The maximum atomic E-state index is 0. The zero-order valence-electron chi connectivity index (χ0n) is 1.64. The minimum atomic E-state index is 0. The van der Waals surface area contributed by atoms with Gasteiger partial charge >= 0.3 is 0 Å². The van der Waals surface area contributed by atoms with Crippen LogP contribution in [0.15, 0.2) is 0 Å². The number of hydrogen-bond donors (Lipinski definition) is 0. The minimum absolute atomic E-state index is 0. The molecule has 1 nitrogen and oxygen atoms in total. The number of hydrogen-bond acceptors (Lipinski definition) is 0. The van der Waals surface area contributed by atoms with Crippen LogP contribution in [-0.2, 0) is 63.9 Å². The van der Waals surface area contributed by atoms with Crippen molar-refractivity contribution in [2.45, 2.75) is 0 Å². The van der Waals surface area contributed by atoms with E-state index < -0.39 is 0 Å². The summed E-state index contributed by atoms with van der Waals surface area (Å²) in [4.78, 5) is 0. The van der Waals surface area contributed by atoms with Gasteiger partial charge in [0.2, 0.25) is 0 Å². The second kappa shape index (κ2) is 21.2. The van der Waals surface area contributed by atoms with E-state index in [1.165, 1.54) is 0 Å². The first-order valence-electron chi connectivity index (χ1n) is 0. The molecule has 0 heterocycles. The Morgan fingerprint density at radius 2 is 0.500 bits per heavy atom. The minimum Gasteiger partial charge on any atom is -0.457 e. The molecule has 3 N–H and O–H groups in total. The molecule has 0 aliphatic rings. The van der Waals surface area contributed by atoms with Gasteiger partial charge in [0.05, 0.1) is 0 Å². The zero-order valence-corrected chi connectivity index (χ0v) is 6.85. The average molecular weight is 322 g/mol. The van der Waals surface area contributed by atoms with E-state index in [2.05, 4.69) is 0 Å². The van der Waals surface area contributed by atoms with Crippen LogP contribution < -0.4 is 0 Å². The van der Waals surface area contributed by atoms with Crippen molar-refractivity contribution >= 4 is 0 Å². The summed E-state index contributed by atoms with van der Waals surface area (Å²) < 4.78 is 0. The Kier molecular flexibility index (Phi) is 215. The summed E-state index contributed by atoms with van der Waals surface area (Å²) in [5, 5.41) is 0. The van der Waals surface area contributed by atoms with Crippen LogP contribution in [0.1, 0.15) is 0 Å². The van der Waals surface area contributed by atoms with E-state index in [1.807, 2.05) is 0 Å². The number of rotatable bonds is 0. The molecule has 0 spiro atoms. The smallest absolute Gasteiger partial charge is 0 e. The van der Waals surface area contributed by atoms with Gasteiger partial charge in [0.15, 0.2) is 0 Å². The summed E-state index contributed by atoms with van der Waals surface area (Å²) in [5.74, 6) is 0. The average Bonchev–Trinajstić information content (AvgIpc) is 0. The fourth-order valence-corrected chi connectivity index (χ4v) is 0. The van der Waals surface area contributed by atoms with Crippen LogP contribution in [0.3, 0.4) is 0 Å². The second-order valence-electron chi connectivity index (χ2n) is 0. The van der Waals surface area contributed by atoms with E-state index in [-0.39, 0.29) is 63.9 Å². The van der Waals surface area contributed by atoms with Crippen LogP contribution in [0, 0.1) is 0 Å². The molecule has 0 saturated carbocycles. The summed E-state index contributed by atoms with van der Waals surface area (Å²) >= 11 is 0. The molecule has 0 aliphatic carbocycles. The van der Waals surface area contributed by atoms with Crippen molar-refractivity contribution in [3.8, 4) is 0 Å². The van der Waals surface area contributed by atoms with Gasteiger partial charge in [-0.1, -0.05) is 0 Å². The van der Waals surface area contributed by atoms with Crippen molar-refractivity contribution in [2.24, 2.45) is 0 Å². The molecule has 0 saturated heterocycles. The second-order valence-corrected chi connectivity index (χ2v) is 0. The van der Waals surface area contributed by atoms with Crippen LogP contribution in [0.5, 0.6) is 0 Å². The van der Waals surface area contributed by atoms with E-state index in [1.54, 1.807) is 0 Å². The molecule has 0 rings (SSSR count). The summed E-state index contributed by atoms with van der Waals surface area (Å²) in [6, 6.07) is 0. The summed E-state index contributed by atoms with van der Waals surface area (Å²) in [6.07, 6.45) is 0. The van der Waals surface area contributed by atoms with E-state index in [0.29, 0.717) is 0 Å². The van der Waals surface area contributed by atoms with Crippen molar-refractivity contribution in [2.75, 3.05) is 0 Å². The Hall–Kier alpha value is 1.83. The van der Waals surface area contributed by atoms with E-state index in [0.717, 1.165) is 0 Å². The Morgan fingerprint density at radius 3 is 0.500 bits per heavy atom. The Labute approximate surface area is 63.5 Å². The van der Waals surface area contributed by atoms with Crippen molar-refractivity contribution in [1.82, 2.24) is 0 Å². The molecule has 32 valence electrons.